The van der Waals surface area contributed by atoms with Crippen LogP contribution in [0, 0.1) is 0 Å². The van der Waals surface area contributed by atoms with Crippen molar-refractivity contribution in [3.63, 3.8) is 0 Å². The standard InChI is InChI=1S/C17H22N2O5/c20-14(19-11-6-7-11)8-12-15(21)16(22)13(24-12)9-18-17(23)10-4-2-1-3-5-10/h1-5,11-13,15-16,21-22H,6-9H2,(H,18,23)(H,19,20)/t12-,13-,15-,16+/m0/s1. The van der Waals surface area contributed by atoms with Crippen molar-refractivity contribution in [2.24, 2.45) is 0 Å². The molecule has 2 aliphatic rings. The highest BCUT2D eigenvalue weighted by atomic mass is 16.5. The van der Waals surface area contributed by atoms with E-state index in [0.717, 1.165) is 12.8 Å². The van der Waals surface area contributed by atoms with E-state index >= 15 is 0 Å². The number of benzene rings is 1. The van der Waals surface area contributed by atoms with E-state index in [2.05, 4.69) is 10.6 Å². The van der Waals surface area contributed by atoms with E-state index in [0.29, 0.717) is 5.56 Å². The molecule has 0 radical (unpaired) electrons. The van der Waals surface area contributed by atoms with Crippen molar-refractivity contribution in [2.75, 3.05) is 6.54 Å². The van der Waals surface area contributed by atoms with E-state index in [1.807, 2.05) is 6.07 Å². The van der Waals surface area contributed by atoms with Crippen molar-refractivity contribution >= 4 is 11.8 Å². The number of hydrogen-bond acceptors (Lipinski definition) is 5. The first-order valence-electron chi connectivity index (χ1n) is 8.19. The average molecular weight is 334 g/mol. The van der Waals surface area contributed by atoms with Crippen molar-refractivity contribution < 1.29 is 24.5 Å². The Labute approximate surface area is 140 Å². The molecule has 1 saturated carbocycles. The molecule has 24 heavy (non-hydrogen) atoms. The molecule has 2 fully saturated rings. The van der Waals surface area contributed by atoms with Crippen molar-refractivity contribution in [3.05, 3.63) is 35.9 Å². The summed E-state index contributed by atoms with van der Waals surface area (Å²) >= 11 is 0. The molecule has 130 valence electrons. The number of carbonyl (C=O) groups excluding carboxylic acids is 2. The first-order chi connectivity index (χ1) is 11.5. The molecule has 0 bridgehead atoms. The molecule has 4 N–H and O–H groups in total. The van der Waals surface area contributed by atoms with E-state index < -0.39 is 24.4 Å². The van der Waals surface area contributed by atoms with Crippen molar-refractivity contribution in [1.29, 1.82) is 0 Å². The third-order valence-corrected chi connectivity index (χ3v) is 4.29. The van der Waals surface area contributed by atoms with Crippen LogP contribution in [0.15, 0.2) is 30.3 Å². The Morgan fingerprint density at radius 1 is 1.08 bits per heavy atom. The van der Waals surface area contributed by atoms with Crippen molar-refractivity contribution in [3.8, 4) is 0 Å². The van der Waals surface area contributed by atoms with Crippen LogP contribution in [0.1, 0.15) is 29.6 Å². The number of hydrogen-bond donors (Lipinski definition) is 4. The zero-order chi connectivity index (χ0) is 17.1. The van der Waals surface area contributed by atoms with Crippen LogP contribution >= 0.6 is 0 Å². The number of ether oxygens (including phenoxy) is 1. The number of rotatable bonds is 6. The van der Waals surface area contributed by atoms with Crippen LogP contribution < -0.4 is 10.6 Å². The summed E-state index contributed by atoms with van der Waals surface area (Å²) in [6, 6.07) is 8.93. The van der Waals surface area contributed by atoms with E-state index in [4.69, 9.17) is 4.74 Å². The minimum atomic E-state index is -1.14. The molecule has 7 nitrogen and oxygen atoms in total. The predicted octanol–water partition coefficient (Wildman–Crippen LogP) is -0.426. The SMILES string of the molecule is O=C(C[C@@H]1O[C@@H](CNC(=O)c2ccccc2)[C@@H](O)[C@H]1O)NC1CC1. The Morgan fingerprint density at radius 3 is 2.42 bits per heavy atom. The monoisotopic (exact) mass is 334 g/mol. The normalized spacial score (nSPS) is 29.2. The van der Waals surface area contributed by atoms with Crippen molar-refractivity contribution in [2.45, 2.75) is 49.7 Å². The molecule has 1 aliphatic carbocycles. The van der Waals surface area contributed by atoms with Gasteiger partial charge in [0.05, 0.1) is 12.5 Å². The lowest BCUT2D eigenvalue weighted by molar-refractivity contribution is -0.125. The summed E-state index contributed by atoms with van der Waals surface area (Å²) < 4.78 is 5.57. The predicted molar refractivity (Wildman–Crippen MR) is 85.2 cm³/mol. The number of aliphatic hydroxyl groups excluding tert-OH is 2. The van der Waals surface area contributed by atoms with Crippen LogP contribution in [-0.2, 0) is 9.53 Å². The summed E-state index contributed by atoms with van der Waals surface area (Å²) in [5.41, 5.74) is 0.505. The lowest BCUT2D eigenvalue weighted by Crippen LogP contribution is -2.40. The van der Waals surface area contributed by atoms with Gasteiger partial charge in [-0.15, -0.1) is 0 Å². The fourth-order valence-electron chi connectivity index (χ4n) is 2.74. The van der Waals surface area contributed by atoms with Gasteiger partial charge in [-0.3, -0.25) is 9.59 Å². The maximum Gasteiger partial charge on any atom is 0.251 e. The van der Waals surface area contributed by atoms with Gasteiger partial charge in [-0.2, -0.15) is 0 Å². The zero-order valence-electron chi connectivity index (χ0n) is 13.2. The molecule has 1 aromatic carbocycles. The highest BCUT2D eigenvalue weighted by Gasteiger charge is 2.43. The van der Waals surface area contributed by atoms with Gasteiger partial charge < -0.3 is 25.6 Å². The smallest absolute Gasteiger partial charge is 0.251 e. The van der Waals surface area contributed by atoms with Gasteiger partial charge in [0.2, 0.25) is 5.91 Å². The van der Waals surface area contributed by atoms with Gasteiger partial charge in [0.1, 0.15) is 18.3 Å². The number of amides is 2. The van der Waals surface area contributed by atoms with Crippen LogP contribution in [0.3, 0.4) is 0 Å². The Kier molecular flexibility index (Phi) is 5.13. The zero-order valence-corrected chi connectivity index (χ0v) is 13.2. The average Bonchev–Trinajstić information content (AvgIpc) is 3.36. The van der Waals surface area contributed by atoms with Gasteiger partial charge in [-0.25, -0.2) is 0 Å². The largest absolute Gasteiger partial charge is 0.388 e. The van der Waals surface area contributed by atoms with Crippen LogP contribution in [0.5, 0.6) is 0 Å². The Balaban J connectivity index is 1.49. The first-order valence-corrected chi connectivity index (χ1v) is 8.19. The third-order valence-electron chi connectivity index (χ3n) is 4.29. The highest BCUT2D eigenvalue weighted by Crippen LogP contribution is 2.24. The van der Waals surface area contributed by atoms with Crippen LogP contribution in [0.25, 0.3) is 0 Å². The van der Waals surface area contributed by atoms with Gasteiger partial charge in [0, 0.05) is 18.2 Å². The van der Waals surface area contributed by atoms with Gasteiger partial charge in [0.15, 0.2) is 0 Å². The summed E-state index contributed by atoms with van der Waals surface area (Å²) in [5, 5.41) is 25.6. The topological polar surface area (TPSA) is 108 Å². The Morgan fingerprint density at radius 2 is 1.75 bits per heavy atom. The third kappa shape index (κ3) is 4.11. The lowest BCUT2D eigenvalue weighted by Gasteiger charge is -2.15. The maximum absolute atomic E-state index is 12.0. The molecule has 1 aliphatic heterocycles. The molecule has 4 atom stereocenters. The van der Waals surface area contributed by atoms with E-state index in [1.54, 1.807) is 24.3 Å². The molecular weight excluding hydrogens is 312 g/mol. The maximum atomic E-state index is 12.0. The second-order valence-corrected chi connectivity index (χ2v) is 6.32. The van der Waals surface area contributed by atoms with Gasteiger partial charge in [-0.1, -0.05) is 18.2 Å². The molecule has 1 saturated heterocycles. The summed E-state index contributed by atoms with van der Waals surface area (Å²) in [5.74, 6) is -0.474. The molecule has 7 heteroatoms. The van der Waals surface area contributed by atoms with Crippen LogP contribution in [0.4, 0.5) is 0 Å². The van der Waals surface area contributed by atoms with E-state index in [-0.39, 0.29) is 30.8 Å². The fraction of sp³-hybridized carbons (Fsp3) is 0.529. The molecule has 3 rings (SSSR count). The van der Waals surface area contributed by atoms with Gasteiger partial charge in [0.25, 0.3) is 5.91 Å². The molecular formula is C17H22N2O5. The molecule has 2 amide bonds. The van der Waals surface area contributed by atoms with Crippen LogP contribution in [-0.4, -0.2) is 59.0 Å². The van der Waals surface area contributed by atoms with E-state index in [1.165, 1.54) is 0 Å². The fourth-order valence-corrected chi connectivity index (χ4v) is 2.74. The second kappa shape index (κ2) is 7.29. The molecule has 1 heterocycles. The van der Waals surface area contributed by atoms with Gasteiger partial charge >= 0.3 is 0 Å². The summed E-state index contributed by atoms with van der Waals surface area (Å²) in [7, 11) is 0. The lowest BCUT2D eigenvalue weighted by atomic mass is 10.1. The quantitative estimate of drug-likeness (QED) is 0.565. The number of carbonyl (C=O) groups is 2. The van der Waals surface area contributed by atoms with E-state index in [9.17, 15) is 19.8 Å². The second-order valence-electron chi connectivity index (χ2n) is 6.32. The Bertz CT molecular complexity index is 590. The molecule has 0 aromatic heterocycles. The van der Waals surface area contributed by atoms with Crippen molar-refractivity contribution in [1.82, 2.24) is 10.6 Å². The van der Waals surface area contributed by atoms with Gasteiger partial charge in [-0.05, 0) is 25.0 Å². The number of aliphatic hydroxyl groups is 2. The summed E-state index contributed by atoms with van der Waals surface area (Å²) in [6.45, 7) is 0.0622. The molecule has 0 spiro atoms. The Hall–Kier alpha value is -1.96. The van der Waals surface area contributed by atoms with Crippen LogP contribution in [0.2, 0.25) is 0 Å². The minimum Gasteiger partial charge on any atom is -0.388 e. The minimum absolute atomic E-state index is 0.00212. The number of nitrogens with one attached hydrogen (secondary N) is 2. The molecule has 1 aromatic rings. The highest BCUT2D eigenvalue weighted by molar-refractivity contribution is 5.94. The summed E-state index contributed by atoms with van der Waals surface area (Å²) in [6.07, 6.45) is -1.83. The first kappa shape index (κ1) is 16.9. The summed E-state index contributed by atoms with van der Waals surface area (Å²) in [4.78, 5) is 23.8. The molecule has 0 unspecified atom stereocenters.